The van der Waals surface area contributed by atoms with E-state index in [1.54, 1.807) is 0 Å². The Morgan fingerprint density at radius 3 is 1.71 bits per heavy atom. The van der Waals surface area contributed by atoms with Crippen LogP contribution in [0.1, 0.15) is 13.8 Å². The molecule has 0 unspecified atom stereocenters. The van der Waals surface area contributed by atoms with Gasteiger partial charge in [-0.25, -0.2) is 4.79 Å². The molecule has 0 aliphatic heterocycles. The van der Waals surface area contributed by atoms with Gasteiger partial charge in [0, 0.05) is 22.7 Å². The molecule has 24 heavy (non-hydrogen) atoms. The fourth-order valence-corrected chi connectivity index (χ4v) is 3.65. The van der Waals surface area contributed by atoms with Crippen molar-refractivity contribution in [1.82, 2.24) is 4.90 Å². The van der Waals surface area contributed by atoms with E-state index < -0.39 is 35.8 Å². The van der Waals surface area contributed by atoms with Crippen LogP contribution in [0.2, 0.25) is 0 Å². The van der Waals surface area contributed by atoms with Crippen LogP contribution in [-0.4, -0.2) is 62.5 Å². The minimum absolute atomic E-state index is 0.0152. The lowest BCUT2D eigenvalue weighted by atomic mass is 10.1. The topological polar surface area (TPSA) is 138 Å². The zero-order valence-corrected chi connectivity index (χ0v) is 15.0. The van der Waals surface area contributed by atoms with Gasteiger partial charge in [0.05, 0.1) is 0 Å². The van der Waals surface area contributed by atoms with Gasteiger partial charge in [-0.15, -0.1) is 0 Å². The number of aliphatic carboxylic acids is 2. The lowest BCUT2D eigenvalue weighted by Crippen LogP contribution is -2.50. The summed E-state index contributed by atoms with van der Waals surface area (Å²) in [5.74, 6) is -4.23. The second-order valence-electron chi connectivity index (χ2n) is 4.91. The largest absolute Gasteiger partial charge is 0.480 e. The van der Waals surface area contributed by atoms with E-state index in [9.17, 15) is 24.3 Å². The Morgan fingerprint density at radius 2 is 1.38 bits per heavy atom. The normalized spacial score (nSPS) is 12.8. The molecule has 134 valence electrons. The highest BCUT2D eigenvalue weighted by molar-refractivity contribution is 8.76. The Kier molecular flexibility index (Phi) is 9.41. The van der Waals surface area contributed by atoms with Gasteiger partial charge in [0.25, 0.3) is 11.8 Å². The quantitative estimate of drug-likeness (QED) is 0.286. The summed E-state index contributed by atoms with van der Waals surface area (Å²) in [5.41, 5.74) is 5.37. The van der Waals surface area contributed by atoms with Crippen LogP contribution >= 0.6 is 21.6 Å². The molecule has 0 radical (unpaired) electrons. The van der Waals surface area contributed by atoms with Gasteiger partial charge in [-0.3, -0.25) is 19.3 Å². The highest BCUT2D eigenvalue weighted by atomic mass is 33.1. The zero-order chi connectivity index (χ0) is 19.0. The zero-order valence-electron chi connectivity index (χ0n) is 13.4. The van der Waals surface area contributed by atoms with E-state index in [-0.39, 0.29) is 22.7 Å². The maximum Gasteiger partial charge on any atom is 0.327 e. The van der Waals surface area contributed by atoms with Crippen LogP contribution in [0.3, 0.4) is 0 Å². The molecule has 4 N–H and O–H groups in total. The van der Waals surface area contributed by atoms with Gasteiger partial charge in [-0.1, -0.05) is 34.7 Å². The monoisotopic (exact) mass is 376 g/mol. The summed E-state index contributed by atoms with van der Waals surface area (Å²) in [6, 6.07) is -2.52. The van der Waals surface area contributed by atoms with Crippen LogP contribution in [0, 0.1) is 0 Å². The van der Waals surface area contributed by atoms with E-state index in [0.29, 0.717) is 4.90 Å². The molecule has 2 amide bonds. The molecule has 0 aromatic rings. The molecule has 0 aromatic heterocycles. The lowest BCUT2D eigenvalue weighted by Gasteiger charge is -2.27. The summed E-state index contributed by atoms with van der Waals surface area (Å²) in [7, 11) is 2.06. The predicted octanol–water partition coefficient (Wildman–Crippen LogP) is 0.740. The number of nitrogens with zero attached hydrogens (tertiary/aromatic N) is 1. The summed E-state index contributed by atoms with van der Waals surface area (Å²) < 4.78 is 0. The van der Waals surface area contributed by atoms with Crippen LogP contribution in [0.25, 0.3) is 0 Å². The molecule has 0 fully saturated rings. The van der Waals surface area contributed by atoms with E-state index in [4.69, 9.17) is 10.8 Å². The highest BCUT2D eigenvalue weighted by Gasteiger charge is 2.35. The van der Waals surface area contributed by atoms with E-state index >= 15 is 0 Å². The summed E-state index contributed by atoms with van der Waals surface area (Å²) in [4.78, 5) is 47.0. The molecule has 0 aromatic carbocycles. The van der Waals surface area contributed by atoms with Gasteiger partial charge in [0.2, 0.25) is 0 Å². The van der Waals surface area contributed by atoms with Crippen molar-refractivity contribution in [3.8, 4) is 0 Å². The van der Waals surface area contributed by atoms with Crippen molar-refractivity contribution in [3.05, 3.63) is 24.3 Å². The van der Waals surface area contributed by atoms with Gasteiger partial charge in [0.1, 0.15) is 12.1 Å². The number of carboxylic acid groups (broad SMARTS) is 2. The number of hydrogen-bond acceptors (Lipinski definition) is 7. The molecule has 0 aliphatic rings. The first-order valence-electron chi connectivity index (χ1n) is 6.65. The fraction of sp³-hybridized carbons (Fsp3) is 0.429. The van der Waals surface area contributed by atoms with Crippen LogP contribution in [0.5, 0.6) is 0 Å². The standard InChI is InChI=1S/C14H20N2O6S2/c1-7(2)11(17)16(12(18)8(3)4)10(14(21)22)6-24-23-5-9(15)13(19)20/h9-10H,1,3,5-6,15H2,2,4H3,(H,19,20)(H,21,22)/t9-,10-/m0/s1. The van der Waals surface area contributed by atoms with E-state index in [2.05, 4.69) is 13.2 Å². The minimum Gasteiger partial charge on any atom is -0.480 e. The van der Waals surface area contributed by atoms with Crippen molar-refractivity contribution in [3.63, 3.8) is 0 Å². The number of amides is 2. The number of hydrogen-bond donors (Lipinski definition) is 3. The molecule has 0 bridgehead atoms. The van der Waals surface area contributed by atoms with Gasteiger partial charge in [-0.05, 0) is 13.8 Å². The number of rotatable bonds is 10. The summed E-state index contributed by atoms with van der Waals surface area (Å²) in [6.07, 6.45) is 0. The van der Waals surface area contributed by atoms with E-state index in [0.717, 1.165) is 21.6 Å². The maximum absolute atomic E-state index is 12.2. The lowest BCUT2D eigenvalue weighted by molar-refractivity contribution is -0.154. The van der Waals surface area contributed by atoms with Crippen molar-refractivity contribution in [2.24, 2.45) is 5.73 Å². The Labute approximate surface area is 147 Å². The van der Waals surface area contributed by atoms with Gasteiger partial charge in [-0.2, -0.15) is 0 Å². The summed E-state index contributed by atoms with van der Waals surface area (Å²) in [5, 5.41) is 18.0. The average Bonchev–Trinajstić information content (AvgIpc) is 2.48. The highest BCUT2D eigenvalue weighted by Crippen LogP contribution is 2.25. The predicted molar refractivity (Wildman–Crippen MR) is 93.4 cm³/mol. The third kappa shape index (κ3) is 6.77. The van der Waals surface area contributed by atoms with Crippen LogP contribution in [-0.2, 0) is 19.2 Å². The maximum atomic E-state index is 12.2. The first-order chi connectivity index (χ1) is 11.0. The Hall–Kier alpha value is -1.78. The number of carbonyl (C=O) groups excluding carboxylic acids is 2. The molecule has 0 heterocycles. The second-order valence-corrected chi connectivity index (χ2v) is 7.46. The Morgan fingerprint density at radius 1 is 0.958 bits per heavy atom. The van der Waals surface area contributed by atoms with Gasteiger partial charge >= 0.3 is 11.9 Å². The number of imide groups is 1. The fourth-order valence-electron chi connectivity index (χ4n) is 1.35. The molecular formula is C14H20N2O6S2. The first-order valence-corrected chi connectivity index (χ1v) is 9.14. The molecule has 10 heteroatoms. The molecule has 0 rings (SSSR count). The summed E-state index contributed by atoms with van der Waals surface area (Å²) in [6.45, 7) is 9.61. The van der Waals surface area contributed by atoms with E-state index in [1.165, 1.54) is 13.8 Å². The minimum atomic E-state index is -1.43. The Balaban J connectivity index is 5.13. The van der Waals surface area contributed by atoms with Crippen LogP contribution in [0.15, 0.2) is 24.3 Å². The number of carbonyl (C=O) groups is 4. The molecule has 0 spiro atoms. The second kappa shape index (κ2) is 10.2. The van der Waals surface area contributed by atoms with Crippen LogP contribution < -0.4 is 5.73 Å². The molecule has 2 atom stereocenters. The molecule has 8 nitrogen and oxygen atoms in total. The van der Waals surface area contributed by atoms with Crippen molar-refractivity contribution in [1.29, 1.82) is 0 Å². The van der Waals surface area contributed by atoms with E-state index in [1.807, 2.05) is 0 Å². The number of carboxylic acids is 2. The van der Waals surface area contributed by atoms with Crippen molar-refractivity contribution in [2.75, 3.05) is 11.5 Å². The van der Waals surface area contributed by atoms with Crippen molar-refractivity contribution >= 4 is 45.3 Å². The number of nitrogens with two attached hydrogens (primary N) is 1. The Bertz CT molecular complexity index is 537. The summed E-state index contributed by atoms with van der Waals surface area (Å²) >= 11 is 0. The van der Waals surface area contributed by atoms with Gasteiger partial charge < -0.3 is 15.9 Å². The van der Waals surface area contributed by atoms with Crippen LogP contribution in [0.4, 0.5) is 0 Å². The van der Waals surface area contributed by atoms with Crippen molar-refractivity contribution < 1.29 is 29.4 Å². The smallest absolute Gasteiger partial charge is 0.327 e. The third-order valence-electron chi connectivity index (χ3n) is 2.64. The molecule has 0 saturated carbocycles. The van der Waals surface area contributed by atoms with Crippen molar-refractivity contribution in [2.45, 2.75) is 25.9 Å². The average molecular weight is 376 g/mol. The SMILES string of the molecule is C=C(C)C(=O)N(C(=O)C(=C)C)[C@@H](CSSC[C@H](N)C(=O)O)C(=O)O. The molecule has 0 saturated heterocycles. The van der Waals surface area contributed by atoms with Gasteiger partial charge in [0.15, 0.2) is 0 Å². The first kappa shape index (κ1) is 22.2. The molecule has 0 aliphatic carbocycles. The molecular weight excluding hydrogens is 356 g/mol. The third-order valence-corrected chi connectivity index (χ3v) is 5.07.